The topological polar surface area (TPSA) is 42.4 Å². The highest BCUT2D eigenvalue weighted by molar-refractivity contribution is 6.30. The first kappa shape index (κ1) is 18.8. The van der Waals surface area contributed by atoms with Crippen LogP contribution >= 0.6 is 11.6 Å². The third-order valence-electron chi connectivity index (χ3n) is 4.27. The summed E-state index contributed by atoms with van der Waals surface area (Å²) in [6.07, 6.45) is 1.37. The summed E-state index contributed by atoms with van der Waals surface area (Å²) in [5.74, 6) is 0. The SMILES string of the molecule is Cc1cc2ncccc2c(-c2ccc(Cl)cc2)c1C(CO)OC(C)(C)C. The van der Waals surface area contributed by atoms with Crippen LogP contribution < -0.4 is 0 Å². The van der Waals surface area contributed by atoms with Gasteiger partial charge in [-0.05, 0) is 74.2 Å². The van der Waals surface area contributed by atoms with E-state index in [2.05, 4.69) is 17.1 Å². The molecule has 3 nitrogen and oxygen atoms in total. The highest BCUT2D eigenvalue weighted by atomic mass is 35.5. The number of hydrogen-bond donors (Lipinski definition) is 1. The number of nitrogens with zero attached hydrogens (tertiary/aromatic N) is 1. The summed E-state index contributed by atoms with van der Waals surface area (Å²) < 4.78 is 6.19. The predicted molar refractivity (Wildman–Crippen MR) is 108 cm³/mol. The van der Waals surface area contributed by atoms with Gasteiger partial charge in [0.05, 0.1) is 17.7 Å². The molecule has 3 aromatic rings. The highest BCUT2D eigenvalue weighted by Crippen LogP contribution is 2.39. The molecule has 1 heterocycles. The van der Waals surface area contributed by atoms with Gasteiger partial charge in [-0.3, -0.25) is 4.98 Å². The smallest absolute Gasteiger partial charge is 0.107 e. The predicted octanol–water partition coefficient (Wildman–Crippen LogP) is 5.71. The van der Waals surface area contributed by atoms with Crippen LogP contribution in [-0.4, -0.2) is 22.3 Å². The van der Waals surface area contributed by atoms with Gasteiger partial charge in [0.2, 0.25) is 0 Å². The molecule has 0 bridgehead atoms. The van der Waals surface area contributed by atoms with Gasteiger partial charge in [0.25, 0.3) is 0 Å². The minimum absolute atomic E-state index is 0.0928. The maximum absolute atomic E-state index is 10.1. The molecule has 136 valence electrons. The Bertz CT molecular complexity index is 914. The molecule has 0 spiro atoms. The number of pyridine rings is 1. The Balaban J connectivity index is 2.32. The van der Waals surface area contributed by atoms with Crippen LogP contribution in [0.1, 0.15) is 38.0 Å². The number of aromatic nitrogens is 1. The Morgan fingerprint density at radius 3 is 2.46 bits per heavy atom. The van der Waals surface area contributed by atoms with Crippen LogP contribution in [0.4, 0.5) is 0 Å². The Hall–Kier alpha value is -1.94. The fourth-order valence-electron chi connectivity index (χ4n) is 3.33. The van der Waals surface area contributed by atoms with E-state index >= 15 is 0 Å². The van der Waals surface area contributed by atoms with Crippen LogP contribution in [0.5, 0.6) is 0 Å². The van der Waals surface area contributed by atoms with Crippen LogP contribution in [0.2, 0.25) is 5.02 Å². The number of hydrogen-bond acceptors (Lipinski definition) is 3. The van der Waals surface area contributed by atoms with Crippen molar-refractivity contribution >= 4 is 22.5 Å². The molecule has 1 aromatic heterocycles. The third-order valence-corrected chi connectivity index (χ3v) is 4.52. The molecule has 0 radical (unpaired) electrons. The molecule has 0 aliphatic carbocycles. The summed E-state index contributed by atoms with van der Waals surface area (Å²) in [6, 6.07) is 13.8. The quantitative estimate of drug-likeness (QED) is 0.640. The molecule has 0 saturated heterocycles. The third kappa shape index (κ3) is 3.90. The fourth-order valence-corrected chi connectivity index (χ4v) is 3.45. The summed E-state index contributed by atoms with van der Waals surface area (Å²) >= 11 is 6.09. The molecule has 0 amide bonds. The number of fused-ring (bicyclic) bond motifs is 1. The van der Waals surface area contributed by atoms with E-state index in [0.29, 0.717) is 5.02 Å². The Morgan fingerprint density at radius 1 is 1.15 bits per heavy atom. The van der Waals surface area contributed by atoms with Crippen molar-refractivity contribution in [1.29, 1.82) is 0 Å². The average molecular weight is 370 g/mol. The van der Waals surface area contributed by atoms with E-state index in [1.807, 2.05) is 58.0 Å². The van der Waals surface area contributed by atoms with Gasteiger partial charge in [-0.25, -0.2) is 0 Å². The van der Waals surface area contributed by atoms with E-state index in [9.17, 15) is 5.11 Å². The van der Waals surface area contributed by atoms with E-state index in [-0.39, 0.29) is 12.2 Å². The van der Waals surface area contributed by atoms with Crippen LogP contribution in [0, 0.1) is 6.92 Å². The van der Waals surface area contributed by atoms with E-state index in [4.69, 9.17) is 16.3 Å². The number of aryl methyl sites for hydroxylation is 1. The van der Waals surface area contributed by atoms with Crippen LogP contribution in [0.15, 0.2) is 48.7 Å². The second-order valence-corrected chi connectivity index (χ2v) is 7.90. The molecular weight excluding hydrogens is 346 g/mol. The summed E-state index contributed by atoms with van der Waals surface area (Å²) in [6.45, 7) is 7.93. The number of aliphatic hydroxyl groups excluding tert-OH is 1. The summed E-state index contributed by atoms with van der Waals surface area (Å²) in [4.78, 5) is 4.52. The monoisotopic (exact) mass is 369 g/mol. The standard InChI is InChI=1S/C22H24ClNO2/c1-14-12-18-17(6-5-11-24-18)21(15-7-9-16(23)10-8-15)20(14)19(13-25)26-22(2,3)4/h5-12,19,25H,13H2,1-4H3. The van der Waals surface area contributed by atoms with Crippen LogP contribution in [-0.2, 0) is 4.74 Å². The first-order valence-electron chi connectivity index (χ1n) is 8.73. The number of aliphatic hydroxyl groups is 1. The largest absolute Gasteiger partial charge is 0.393 e. The van der Waals surface area contributed by atoms with Gasteiger partial charge in [-0.1, -0.05) is 29.8 Å². The van der Waals surface area contributed by atoms with Crippen molar-refractivity contribution in [2.45, 2.75) is 39.4 Å². The molecule has 1 N–H and O–H groups in total. The molecule has 26 heavy (non-hydrogen) atoms. The second kappa shape index (κ2) is 7.36. The fraction of sp³-hybridized carbons (Fsp3) is 0.318. The lowest BCUT2D eigenvalue weighted by Gasteiger charge is -2.30. The minimum atomic E-state index is -0.426. The first-order chi connectivity index (χ1) is 12.3. The second-order valence-electron chi connectivity index (χ2n) is 7.46. The molecule has 0 fully saturated rings. The summed E-state index contributed by atoms with van der Waals surface area (Å²) in [5.41, 5.74) is 4.65. The summed E-state index contributed by atoms with van der Waals surface area (Å²) in [7, 11) is 0. The summed E-state index contributed by atoms with van der Waals surface area (Å²) in [5, 5.41) is 11.8. The molecule has 1 atom stereocenters. The zero-order chi connectivity index (χ0) is 18.9. The van der Waals surface area contributed by atoms with E-state index in [0.717, 1.165) is 33.2 Å². The van der Waals surface area contributed by atoms with Gasteiger partial charge in [0.1, 0.15) is 6.10 Å². The van der Waals surface area contributed by atoms with Gasteiger partial charge in [-0.15, -0.1) is 0 Å². The van der Waals surface area contributed by atoms with Gasteiger partial charge >= 0.3 is 0 Å². The molecular formula is C22H24ClNO2. The van der Waals surface area contributed by atoms with Crippen molar-refractivity contribution in [3.63, 3.8) is 0 Å². The zero-order valence-corrected chi connectivity index (χ0v) is 16.3. The normalized spacial score (nSPS) is 13.2. The Labute approximate surface area is 159 Å². The molecule has 0 saturated carbocycles. The Morgan fingerprint density at radius 2 is 1.85 bits per heavy atom. The van der Waals surface area contributed by atoms with Gasteiger partial charge in [0.15, 0.2) is 0 Å². The van der Waals surface area contributed by atoms with Crippen molar-refractivity contribution in [1.82, 2.24) is 4.98 Å². The van der Waals surface area contributed by atoms with Crippen molar-refractivity contribution in [2.75, 3.05) is 6.61 Å². The molecule has 4 heteroatoms. The number of halogens is 1. The molecule has 0 aliphatic heterocycles. The lowest BCUT2D eigenvalue weighted by molar-refractivity contribution is -0.0821. The van der Waals surface area contributed by atoms with E-state index in [1.165, 1.54) is 0 Å². The Kier molecular flexibility index (Phi) is 5.33. The lowest BCUT2D eigenvalue weighted by atomic mass is 9.88. The minimum Gasteiger partial charge on any atom is -0.393 e. The van der Waals surface area contributed by atoms with Crippen molar-refractivity contribution in [3.8, 4) is 11.1 Å². The lowest BCUT2D eigenvalue weighted by Crippen LogP contribution is -2.25. The number of ether oxygens (including phenoxy) is 1. The molecule has 2 aromatic carbocycles. The first-order valence-corrected chi connectivity index (χ1v) is 9.11. The number of rotatable bonds is 4. The highest BCUT2D eigenvalue weighted by Gasteiger charge is 2.25. The van der Waals surface area contributed by atoms with E-state index in [1.54, 1.807) is 6.20 Å². The van der Waals surface area contributed by atoms with Gasteiger partial charge in [0, 0.05) is 16.6 Å². The molecule has 0 aliphatic rings. The van der Waals surface area contributed by atoms with Crippen molar-refractivity contribution in [3.05, 3.63) is 64.8 Å². The zero-order valence-electron chi connectivity index (χ0n) is 15.6. The van der Waals surface area contributed by atoms with Gasteiger partial charge < -0.3 is 9.84 Å². The maximum atomic E-state index is 10.1. The number of benzene rings is 2. The van der Waals surface area contributed by atoms with Gasteiger partial charge in [-0.2, -0.15) is 0 Å². The van der Waals surface area contributed by atoms with Crippen molar-refractivity contribution in [2.24, 2.45) is 0 Å². The maximum Gasteiger partial charge on any atom is 0.107 e. The molecule has 3 rings (SSSR count). The van der Waals surface area contributed by atoms with E-state index < -0.39 is 6.10 Å². The molecule has 1 unspecified atom stereocenters. The van der Waals surface area contributed by atoms with Crippen LogP contribution in [0.3, 0.4) is 0 Å². The van der Waals surface area contributed by atoms with Crippen LogP contribution in [0.25, 0.3) is 22.0 Å². The average Bonchev–Trinajstić information content (AvgIpc) is 2.59. The van der Waals surface area contributed by atoms with Crippen molar-refractivity contribution < 1.29 is 9.84 Å².